The van der Waals surface area contributed by atoms with Crippen molar-refractivity contribution in [2.75, 3.05) is 0 Å². The van der Waals surface area contributed by atoms with Crippen molar-refractivity contribution in [1.82, 2.24) is 5.32 Å². The molecule has 1 fully saturated rings. The molecule has 0 spiro atoms. The average molecular weight is 278 g/mol. The van der Waals surface area contributed by atoms with Gasteiger partial charge in [-0.1, -0.05) is 29.8 Å². The van der Waals surface area contributed by atoms with Gasteiger partial charge in [0.05, 0.1) is 4.88 Å². The highest BCUT2D eigenvalue weighted by Gasteiger charge is 2.24. The van der Waals surface area contributed by atoms with E-state index in [0.29, 0.717) is 11.1 Å². The summed E-state index contributed by atoms with van der Waals surface area (Å²) in [5, 5.41) is 3.70. The number of carbonyl (C=O) groups excluding carboxylic acids is 1. The molecule has 0 saturated heterocycles. The van der Waals surface area contributed by atoms with E-state index in [0.717, 1.165) is 28.2 Å². The van der Waals surface area contributed by atoms with Crippen LogP contribution in [0.4, 0.5) is 0 Å². The predicted molar refractivity (Wildman–Crippen MR) is 75.3 cm³/mol. The zero-order chi connectivity index (χ0) is 12.5. The molecule has 0 bridgehead atoms. The molecule has 3 rings (SSSR count). The lowest BCUT2D eigenvalue weighted by molar-refractivity contribution is 0.0955. The maximum atomic E-state index is 11.9. The normalized spacial score (nSPS) is 14.5. The van der Waals surface area contributed by atoms with E-state index >= 15 is 0 Å². The third kappa shape index (κ3) is 2.42. The van der Waals surface area contributed by atoms with E-state index in [2.05, 4.69) is 5.32 Å². The summed E-state index contributed by atoms with van der Waals surface area (Å²) in [7, 11) is 0. The molecule has 2 nitrogen and oxygen atoms in total. The summed E-state index contributed by atoms with van der Waals surface area (Å²) in [6.45, 7) is 0. The zero-order valence-electron chi connectivity index (χ0n) is 9.65. The summed E-state index contributed by atoms with van der Waals surface area (Å²) in [5.41, 5.74) is 0.981. The molecule has 1 aromatic carbocycles. The van der Waals surface area contributed by atoms with Gasteiger partial charge in [0.2, 0.25) is 0 Å². The first-order valence-electron chi connectivity index (χ1n) is 5.89. The van der Waals surface area contributed by atoms with Crippen LogP contribution in [0.5, 0.6) is 0 Å². The minimum Gasteiger partial charge on any atom is -0.349 e. The van der Waals surface area contributed by atoms with Crippen molar-refractivity contribution in [2.45, 2.75) is 18.9 Å². The standard InChI is InChI=1S/C14H12ClNOS/c15-11-4-2-1-3-10(11)12-7-8-13(18-12)14(17)16-9-5-6-9/h1-4,7-9H,5-6H2,(H,16,17). The number of carbonyl (C=O) groups is 1. The molecule has 0 radical (unpaired) electrons. The van der Waals surface area contributed by atoms with E-state index in [1.165, 1.54) is 11.3 Å². The van der Waals surface area contributed by atoms with Gasteiger partial charge in [-0.25, -0.2) is 0 Å². The van der Waals surface area contributed by atoms with Crippen LogP contribution in [0, 0.1) is 0 Å². The topological polar surface area (TPSA) is 29.1 Å². The number of amides is 1. The second kappa shape index (κ2) is 4.75. The molecule has 0 aliphatic heterocycles. The summed E-state index contributed by atoms with van der Waals surface area (Å²) in [6.07, 6.45) is 2.21. The summed E-state index contributed by atoms with van der Waals surface area (Å²) < 4.78 is 0. The lowest BCUT2D eigenvalue weighted by Gasteiger charge is -2.00. The molecule has 1 aromatic heterocycles. The van der Waals surface area contributed by atoms with Gasteiger partial charge in [0.25, 0.3) is 5.91 Å². The molecular formula is C14H12ClNOS. The highest BCUT2D eigenvalue weighted by Crippen LogP contribution is 2.33. The van der Waals surface area contributed by atoms with Gasteiger partial charge in [-0.15, -0.1) is 11.3 Å². The van der Waals surface area contributed by atoms with E-state index in [1.54, 1.807) is 0 Å². The number of thiophene rings is 1. The Balaban J connectivity index is 1.84. The van der Waals surface area contributed by atoms with Gasteiger partial charge in [0, 0.05) is 21.5 Å². The molecule has 0 atom stereocenters. The van der Waals surface area contributed by atoms with Crippen molar-refractivity contribution in [1.29, 1.82) is 0 Å². The lowest BCUT2D eigenvalue weighted by atomic mass is 10.2. The van der Waals surface area contributed by atoms with E-state index < -0.39 is 0 Å². The van der Waals surface area contributed by atoms with Gasteiger partial charge in [-0.2, -0.15) is 0 Å². The Morgan fingerprint density at radius 3 is 2.72 bits per heavy atom. The molecule has 92 valence electrons. The first kappa shape index (κ1) is 11.8. The van der Waals surface area contributed by atoms with Gasteiger partial charge in [0.1, 0.15) is 0 Å². The quantitative estimate of drug-likeness (QED) is 0.904. The first-order valence-corrected chi connectivity index (χ1v) is 7.09. The minimum absolute atomic E-state index is 0.0285. The summed E-state index contributed by atoms with van der Waals surface area (Å²) in [5.74, 6) is 0.0285. The van der Waals surface area contributed by atoms with Crippen molar-refractivity contribution >= 4 is 28.8 Å². The predicted octanol–water partition coefficient (Wildman–Crippen LogP) is 3.96. The number of nitrogens with one attached hydrogen (secondary N) is 1. The van der Waals surface area contributed by atoms with Gasteiger partial charge in [0.15, 0.2) is 0 Å². The molecule has 18 heavy (non-hydrogen) atoms. The van der Waals surface area contributed by atoms with E-state index in [1.807, 2.05) is 36.4 Å². The van der Waals surface area contributed by atoms with Crippen LogP contribution in [-0.4, -0.2) is 11.9 Å². The molecule has 1 saturated carbocycles. The largest absolute Gasteiger partial charge is 0.349 e. The highest BCUT2D eigenvalue weighted by molar-refractivity contribution is 7.17. The second-order valence-electron chi connectivity index (χ2n) is 4.39. The zero-order valence-corrected chi connectivity index (χ0v) is 11.2. The molecule has 2 aromatic rings. The van der Waals surface area contributed by atoms with Crippen molar-refractivity contribution in [3.63, 3.8) is 0 Å². The molecule has 1 aliphatic rings. The van der Waals surface area contributed by atoms with Crippen molar-refractivity contribution < 1.29 is 4.79 Å². The second-order valence-corrected chi connectivity index (χ2v) is 5.88. The monoisotopic (exact) mass is 277 g/mol. The number of halogens is 1. The maximum absolute atomic E-state index is 11.9. The molecule has 1 heterocycles. The lowest BCUT2D eigenvalue weighted by Crippen LogP contribution is -2.24. The third-order valence-electron chi connectivity index (χ3n) is 2.88. The molecule has 4 heteroatoms. The molecular weight excluding hydrogens is 266 g/mol. The van der Waals surface area contributed by atoms with Crippen LogP contribution >= 0.6 is 22.9 Å². The van der Waals surface area contributed by atoms with Crippen LogP contribution in [0.15, 0.2) is 36.4 Å². The molecule has 1 aliphatic carbocycles. The molecule has 0 unspecified atom stereocenters. The minimum atomic E-state index is 0.0285. The van der Waals surface area contributed by atoms with E-state index in [-0.39, 0.29) is 5.91 Å². The van der Waals surface area contributed by atoms with Crippen LogP contribution in [0.25, 0.3) is 10.4 Å². The SMILES string of the molecule is O=C(NC1CC1)c1ccc(-c2ccccc2Cl)s1. The fourth-order valence-electron chi connectivity index (χ4n) is 1.75. The fourth-order valence-corrected chi connectivity index (χ4v) is 2.99. The Bertz CT molecular complexity index is 589. The van der Waals surface area contributed by atoms with Crippen molar-refractivity contribution in [2.24, 2.45) is 0 Å². The summed E-state index contributed by atoms with van der Waals surface area (Å²) >= 11 is 7.63. The molecule has 1 amide bonds. The Labute approximate surface area is 115 Å². The van der Waals surface area contributed by atoms with Gasteiger partial charge >= 0.3 is 0 Å². The van der Waals surface area contributed by atoms with Gasteiger partial charge < -0.3 is 5.32 Å². The Morgan fingerprint density at radius 1 is 1.22 bits per heavy atom. The average Bonchev–Trinajstić information content (AvgIpc) is 3.04. The van der Waals surface area contributed by atoms with Gasteiger partial charge in [-0.3, -0.25) is 4.79 Å². The molecule has 1 N–H and O–H groups in total. The highest BCUT2D eigenvalue weighted by atomic mass is 35.5. The summed E-state index contributed by atoms with van der Waals surface area (Å²) in [6, 6.07) is 11.9. The number of rotatable bonds is 3. The number of hydrogen-bond donors (Lipinski definition) is 1. The first-order chi connectivity index (χ1) is 8.74. The number of benzene rings is 1. The van der Waals surface area contributed by atoms with Crippen LogP contribution in [0.3, 0.4) is 0 Å². The van der Waals surface area contributed by atoms with Crippen LogP contribution in [0.2, 0.25) is 5.02 Å². The van der Waals surface area contributed by atoms with Crippen LogP contribution in [-0.2, 0) is 0 Å². The number of hydrogen-bond acceptors (Lipinski definition) is 2. The van der Waals surface area contributed by atoms with Crippen molar-refractivity contribution in [3.8, 4) is 10.4 Å². The van der Waals surface area contributed by atoms with E-state index in [9.17, 15) is 4.79 Å². The Morgan fingerprint density at radius 2 is 2.00 bits per heavy atom. The maximum Gasteiger partial charge on any atom is 0.261 e. The fraction of sp³-hybridized carbons (Fsp3) is 0.214. The third-order valence-corrected chi connectivity index (χ3v) is 4.33. The van der Waals surface area contributed by atoms with Gasteiger partial charge in [-0.05, 0) is 31.0 Å². The Hall–Kier alpha value is -1.32. The van der Waals surface area contributed by atoms with E-state index in [4.69, 9.17) is 11.6 Å². The van der Waals surface area contributed by atoms with Crippen LogP contribution in [0.1, 0.15) is 22.5 Å². The summed E-state index contributed by atoms with van der Waals surface area (Å²) in [4.78, 5) is 13.7. The van der Waals surface area contributed by atoms with Crippen molar-refractivity contribution in [3.05, 3.63) is 46.3 Å². The smallest absolute Gasteiger partial charge is 0.261 e. The van der Waals surface area contributed by atoms with Crippen LogP contribution < -0.4 is 5.32 Å². The Kier molecular flexibility index (Phi) is 3.10.